The minimum absolute atomic E-state index is 0.153. The molecule has 0 aromatic carbocycles. The second-order valence-corrected chi connectivity index (χ2v) is 3.88. The zero-order valence-corrected chi connectivity index (χ0v) is 9.24. The normalized spacial score (nSPS) is 13.1. The number of rotatable bonds is 3. The standard InChI is InChI=1S/C10H17N3O2/c1-4-6-9(14)12-8(13-10(6)15)7(11)5(2)3/h5,7H,4,11H2,1-3H3,(H2,12,13,14,15). The van der Waals surface area contributed by atoms with Crippen LogP contribution in [0.25, 0.3) is 0 Å². The summed E-state index contributed by atoms with van der Waals surface area (Å²) in [6.07, 6.45) is 0.450. The molecular formula is C10H17N3O2. The number of nitrogens with zero attached hydrogens (tertiary/aromatic N) is 1. The van der Waals surface area contributed by atoms with Gasteiger partial charge >= 0.3 is 0 Å². The highest BCUT2D eigenvalue weighted by Crippen LogP contribution is 2.17. The average Bonchev–Trinajstić information content (AvgIpc) is 2.15. The van der Waals surface area contributed by atoms with Gasteiger partial charge in [0.25, 0.3) is 5.56 Å². The van der Waals surface area contributed by atoms with Crippen LogP contribution in [0.4, 0.5) is 0 Å². The highest BCUT2D eigenvalue weighted by atomic mass is 16.3. The molecule has 0 fully saturated rings. The summed E-state index contributed by atoms with van der Waals surface area (Å²) in [7, 11) is 0. The molecule has 0 aliphatic heterocycles. The predicted octanol–water partition coefficient (Wildman–Crippen LogP) is 0.694. The summed E-state index contributed by atoms with van der Waals surface area (Å²) < 4.78 is 0. The maximum absolute atomic E-state index is 11.5. The predicted molar refractivity (Wildman–Crippen MR) is 57.7 cm³/mol. The van der Waals surface area contributed by atoms with E-state index in [0.717, 1.165) is 0 Å². The molecule has 4 N–H and O–H groups in total. The number of aromatic nitrogens is 2. The van der Waals surface area contributed by atoms with Crippen molar-refractivity contribution in [3.05, 3.63) is 21.7 Å². The summed E-state index contributed by atoms with van der Waals surface area (Å²) in [5, 5.41) is 9.52. The van der Waals surface area contributed by atoms with E-state index in [1.165, 1.54) is 0 Å². The van der Waals surface area contributed by atoms with Crippen molar-refractivity contribution in [1.29, 1.82) is 0 Å². The Hall–Kier alpha value is -1.36. The van der Waals surface area contributed by atoms with Crippen LogP contribution < -0.4 is 11.3 Å². The van der Waals surface area contributed by atoms with Crippen molar-refractivity contribution in [2.75, 3.05) is 0 Å². The molecule has 1 heterocycles. The number of aromatic amines is 1. The van der Waals surface area contributed by atoms with Gasteiger partial charge in [0.15, 0.2) is 0 Å². The van der Waals surface area contributed by atoms with Crippen LogP contribution in [0, 0.1) is 5.92 Å². The number of hydrogen-bond donors (Lipinski definition) is 3. The second kappa shape index (κ2) is 4.44. The molecule has 0 radical (unpaired) electrons. The van der Waals surface area contributed by atoms with Gasteiger partial charge in [0.05, 0.1) is 11.6 Å². The van der Waals surface area contributed by atoms with Gasteiger partial charge in [0, 0.05) is 0 Å². The Bertz CT molecular complexity index is 398. The van der Waals surface area contributed by atoms with Crippen LogP contribution in [0.15, 0.2) is 4.79 Å². The summed E-state index contributed by atoms with van der Waals surface area (Å²) in [5.41, 5.74) is 5.81. The van der Waals surface area contributed by atoms with Crippen LogP contribution in [0.1, 0.15) is 38.2 Å². The van der Waals surface area contributed by atoms with Gasteiger partial charge in [-0.2, -0.15) is 4.98 Å². The maximum atomic E-state index is 11.5. The molecule has 1 atom stereocenters. The fourth-order valence-corrected chi connectivity index (χ4v) is 1.30. The monoisotopic (exact) mass is 211 g/mol. The van der Waals surface area contributed by atoms with Gasteiger partial charge in [-0.1, -0.05) is 20.8 Å². The molecule has 0 saturated carbocycles. The zero-order valence-electron chi connectivity index (χ0n) is 9.24. The van der Waals surface area contributed by atoms with Gasteiger partial charge < -0.3 is 15.8 Å². The maximum Gasteiger partial charge on any atom is 0.257 e. The number of hydrogen-bond acceptors (Lipinski definition) is 4. The van der Waals surface area contributed by atoms with Crippen molar-refractivity contribution in [3.8, 4) is 5.88 Å². The first-order valence-corrected chi connectivity index (χ1v) is 5.05. The summed E-state index contributed by atoms with van der Waals surface area (Å²) in [6, 6.07) is -0.366. The molecule has 84 valence electrons. The first-order chi connectivity index (χ1) is 6.97. The van der Waals surface area contributed by atoms with Crippen molar-refractivity contribution in [2.24, 2.45) is 11.7 Å². The van der Waals surface area contributed by atoms with Crippen LogP contribution >= 0.6 is 0 Å². The second-order valence-electron chi connectivity index (χ2n) is 3.88. The first-order valence-electron chi connectivity index (χ1n) is 5.05. The minimum Gasteiger partial charge on any atom is -0.493 e. The molecule has 5 heteroatoms. The van der Waals surface area contributed by atoms with E-state index in [2.05, 4.69) is 9.97 Å². The quantitative estimate of drug-likeness (QED) is 0.686. The molecule has 0 saturated heterocycles. The number of nitrogens with one attached hydrogen (secondary N) is 1. The van der Waals surface area contributed by atoms with Gasteiger partial charge in [0.1, 0.15) is 5.82 Å². The smallest absolute Gasteiger partial charge is 0.257 e. The van der Waals surface area contributed by atoms with Gasteiger partial charge in [-0.15, -0.1) is 0 Å². The van der Waals surface area contributed by atoms with Gasteiger partial charge in [-0.3, -0.25) is 4.79 Å². The lowest BCUT2D eigenvalue weighted by molar-refractivity contribution is 0.424. The zero-order chi connectivity index (χ0) is 11.6. The van der Waals surface area contributed by atoms with E-state index in [0.29, 0.717) is 17.8 Å². The van der Waals surface area contributed by atoms with E-state index in [4.69, 9.17) is 5.73 Å². The topological polar surface area (TPSA) is 92.0 Å². The molecule has 1 unspecified atom stereocenters. The molecule has 0 aliphatic rings. The van der Waals surface area contributed by atoms with E-state index in [9.17, 15) is 9.90 Å². The fraction of sp³-hybridized carbons (Fsp3) is 0.600. The molecule has 1 aromatic rings. The molecule has 0 spiro atoms. The Balaban J connectivity index is 3.20. The van der Waals surface area contributed by atoms with Crippen LogP contribution in [0.3, 0.4) is 0 Å². The molecule has 0 amide bonds. The van der Waals surface area contributed by atoms with Crippen molar-refractivity contribution < 1.29 is 5.11 Å². The molecule has 1 aromatic heterocycles. The molecular weight excluding hydrogens is 194 g/mol. The third kappa shape index (κ3) is 2.36. The SMILES string of the molecule is CCc1c(O)nc(C(N)C(C)C)[nH]c1=O. The van der Waals surface area contributed by atoms with Crippen LogP contribution in [-0.4, -0.2) is 15.1 Å². The Labute approximate surface area is 88.4 Å². The van der Waals surface area contributed by atoms with E-state index in [-0.39, 0.29) is 23.4 Å². The summed E-state index contributed by atoms with van der Waals surface area (Å²) in [5.74, 6) is 0.275. The van der Waals surface area contributed by atoms with Crippen molar-refractivity contribution in [2.45, 2.75) is 33.2 Å². The first kappa shape index (κ1) is 11.7. The Morgan fingerprint density at radius 1 is 1.53 bits per heavy atom. The summed E-state index contributed by atoms with van der Waals surface area (Å²) in [6.45, 7) is 5.64. The molecule has 0 bridgehead atoms. The van der Waals surface area contributed by atoms with E-state index in [1.54, 1.807) is 6.92 Å². The highest BCUT2D eigenvalue weighted by molar-refractivity contribution is 5.22. The lowest BCUT2D eigenvalue weighted by Gasteiger charge is -2.15. The van der Waals surface area contributed by atoms with Crippen molar-refractivity contribution in [3.63, 3.8) is 0 Å². The third-order valence-electron chi connectivity index (χ3n) is 2.40. The lowest BCUT2D eigenvalue weighted by atomic mass is 10.0. The highest BCUT2D eigenvalue weighted by Gasteiger charge is 2.16. The lowest BCUT2D eigenvalue weighted by Crippen LogP contribution is -2.25. The number of aromatic hydroxyl groups is 1. The Morgan fingerprint density at radius 2 is 2.13 bits per heavy atom. The molecule has 5 nitrogen and oxygen atoms in total. The van der Waals surface area contributed by atoms with Gasteiger partial charge in [-0.05, 0) is 12.3 Å². The van der Waals surface area contributed by atoms with Crippen LogP contribution in [0.2, 0.25) is 0 Å². The Kier molecular flexibility index (Phi) is 3.47. The molecule has 15 heavy (non-hydrogen) atoms. The van der Waals surface area contributed by atoms with E-state index >= 15 is 0 Å². The minimum atomic E-state index is -0.366. The van der Waals surface area contributed by atoms with Crippen molar-refractivity contribution >= 4 is 0 Å². The van der Waals surface area contributed by atoms with Crippen LogP contribution in [-0.2, 0) is 6.42 Å². The molecule has 0 aliphatic carbocycles. The fourth-order valence-electron chi connectivity index (χ4n) is 1.30. The largest absolute Gasteiger partial charge is 0.493 e. The van der Waals surface area contributed by atoms with Crippen LogP contribution in [0.5, 0.6) is 5.88 Å². The average molecular weight is 211 g/mol. The van der Waals surface area contributed by atoms with Gasteiger partial charge in [-0.25, -0.2) is 0 Å². The summed E-state index contributed by atoms with van der Waals surface area (Å²) >= 11 is 0. The van der Waals surface area contributed by atoms with E-state index < -0.39 is 0 Å². The summed E-state index contributed by atoms with van der Waals surface area (Å²) in [4.78, 5) is 18.0. The van der Waals surface area contributed by atoms with Crippen molar-refractivity contribution in [1.82, 2.24) is 9.97 Å². The number of nitrogens with two attached hydrogens (primary N) is 1. The molecule has 1 rings (SSSR count). The number of H-pyrrole nitrogens is 1. The van der Waals surface area contributed by atoms with E-state index in [1.807, 2.05) is 13.8 Å². The third-order valence-corrected chi connectivity index (χ3v) is 2.40. The Morgan fingerprint density at radius 3 is 2.53 bits per heavy atom. The van der Waals surface area contributed by atoms with Gasteiger partial charge in [0.2, 0.25) is 5.88 Å².